The van der Waals surface area contributed by atoms with E-state index in [-0.39, 0.29) is 5.69 Å². The van der Waals surface area contributed by atoms with Gasteiger partial charge < -0.3 is 10.1 Å². The first-order chi connectivity index (χ1) is 11.4. The summed E-state index contributed by atoms with van der Waals surface area (Å²) in [5, 5.41) is 14.0. The van der Waals surface area contributed by atoms with E-state index in [0.29, 0.717) is 11.4 Å². The van der Waals surface area contributed by atoms with Crippen LogP contribution in [0.5, 0.6) is 5.75 Å². The van der Waals surface area contributed by atoms with Gasteiger partial charge in [0.25, 0.3) is 5.69 Å². The molecule has 1 rings (SSSR count). The quantitative estimate of drug-likeness (QED) is 0.278. The molecule has 24 heavy (non-hydrogen) atoms. The Hall–Kier alpha value is -1.95. The second kappa shape index (κ2) is 10.0. The molecule has 0 spiro atoms. The highest BCUT2D eigenvalue weighted by molar-refractivity contribution is 7.99. The van der Waals surface area contributed by atoms with Gasteiger partial charge in [0, 0.05) is 12.8 Å². The standard InChI is InChI=1S/C18H26N2O3S/c1-13(2)7-6-8-14(3)9-10-24-18-11-15(19-4)16(20(21)22)12-17(18)23-5/h7,9,11-12,19H,6,8,10H2,1-5H3/b14-9+. The molecular weight excluding hydrogens is 324 g/mol. The zero-order valence-electron chi connectivity index (χ0n) is 15.0. The van der Waals surface area contributed by atoms with Crippen molar-refractivity contribution in [3.8, 4) is 5.75 Å². The summed E-state index contributed by atoms with van der Waals surface area (Å²) in [7, 11) is 3.21. The van der Waals surface area contributed by atoms with Crippen molar-refractivity contribution in [1.82, 2.24) is 0 Å². The second-order valence-corrected chi connectivity index (χ2v) is 6.77. The average Bonchev–Trinajstić information content (AvgIpc) is 2.53. The highest BCUT2D eigenvalue weighted by Crippen LogP contribution is 2.38. The minimum Gasteiger partial charge on any atom is -0.495 e. The van der Waals surface area contributed by atoms with Gasteiger partial charge in [-0.1, -0.05) is 23.3 Å². The fourth-order valence-electron chi connectivity index (χ4n) is 2.14. The number of anilines is 1. The monoisotopic (exact) mass is 350 g/mol. The minimum absolute atomic E-state index is 0.0205. The smallest absolute Gasteiger partial charge is 0.296 e. The van der Waals surface area contributed by atoms with Crippen molar-refractivity contribution in [3.63, 3.8) is 0 Å². The van der Waals surface area contributed by atoms with Gasteiger partial charge in [0.2, 0.25) is 0 Å². The van der Waals surface area contributed by atoms with Gasteiger partial charge in [0.05, 0.1) is 23.0 Å². The fourth-order valence-corrected chi connectivity index (χ4v) is 3.17. The van der Waals surface area contributed by atoms with E-state index in [4.69, 9.17) is 4.74 Å². The van der Waals surface area contributed by atoms with Gasteiger partial charge in [-0.05, 0) is 39.7 Å². The van der Waals surface area contributed by atoms with Crippen molar-refractivity contribution in [1.29, 1.82) is 0 Å². The molecule has 0 heterocycles. The molecule has 0 aliphatic carbocycles. The number of allylic oxidation sites excluding steroid dienone is 3. The summed E-state index contributed by atoms with van der Waals surface area (Å²) in [4.78, 5) is 11.6. The van der Waals surface area contributed by atoms with E-state index in [1.165, 1.54) is 24.3 Å². The van der Waals surface area contributed by atoms with Crippen LogP contribution in [-0.2, 0) is 0 Å². The van der Waals surface area contributed by atoms with Crippen molar-refractivity contribution < 1.29 is 9.66 Å². The lowest BCUT2D eigenvalue weighted by Crippen LogP contribution is -1.99. The SMILES string of the molecule is CNc1cc(SC/C=C(\C)CCC=C(C)C)c(OC)cc1[N+](=O)[O-]. The summed E-state index contributed by atoms with van der Waals surface area (Å²) in [6, 6.07) is 3.24. The summed E-state index contributed by atoms with van der Waals surface area (Å²) in [5.41, 5.74) is 3.20. The Kier molecular flexibility index (Phi) is 8.40. The Morgan fingerprint density at radius 2 is 2.04 bits per heavy atom. The lowest BCUT2D eigenvalue weighted by atomic mass is 10.1. The Bertz CT molecular complexity index is 635. The first kappa shape index (κ1) is 20.1. The molecule has 0 fully saturated rings. The molecule has 0 atom stereocenters. The molecule has 0 bridgehead atoms. The molecular formula is C18H26N2O3S. The summed E-state index contributed by atoms with van der Waals surface area (Å²) >= 11 is 1.61. The molecule has 0 unspecified atom stereocenters. The molecule has 1 N–H and O–H groups in total. The molecule has 132 valence electrons. The van der Waals surface area contributed by atoms with Crippen LogP contribution in [0.15, 0.2) is 40.3 Å². The molecule has 0 radical (unpaired) electrons. The number of nitrogens with one attached hydrogen (secondary N) is 1. The van der Waals surface area contributed by atoms with Crippen LogP contribution in [-0.4, -0.2) is 24.8 Å². The molecule has 6 heteroatoms. The maximum absolute atomic E-state index is 11.1. The third kappa shape index (κ3) is 6.28. The fraction of sp³-hybridized carbons (Fsp3) is 0.444. The van der Waals surface area contributed by atoms with Gasteiger partial charge >= 0.3 is 0 Å². The molecule has 5 nitrogen and oxygen atoms in total. The molecule has 0 aliphatic rings. The van der Waals surface area contributed by atoms with Gasteiger partial charge in [-0.25, -0.2) is 0 Å². The largest absolute Gasteiger partial charge is 0.495 e. The topological polar surface area (TPSA) is 64.4 Å². The third-order valence-electron chi connectivity index (χ3n) is 3.51. The Balaban J connectivity index is 2.80. The number of ether oxygens (including phenoxy) is 1. The number of rotatable bonds is 9. The van der Waals surface area contributed by atoms with Crippen LogP contribution >= 0.6 is 11.8 Å². The summed E-state index contributed by atoms with van der Waals surface area (Å²) < 4.78 is 5.30. The van der Waals surface area contributed by atoms with Crippen molar-refractivity contribution in [3.05, 3.63) is 45.5 Å². The van der Waals surface area contributed by atoms with E-state index in [1.807, 2.05) is 0 Å². The lowest BCUT2D eigenvalue weighted by Gasteiger charge is -2.10. The maximum Gasteiger partial charge on any atom is 0.296 e. The Labute approximate surface area is 148 Å². The van der Waals surface area contributed by atoms with Crippen LogP contribution in [0.25, 0.3) is 0 Å². The highest BCUT2D eigenvalue weighted by atomic mass is 32.2. The molecule has 0 aromatic heterocycles. The molecule has 0 saturated heterocycles. The number of methoxy groups -OCH3 is 1. The van der Waals surface area contributed by atoms with Crippen molar-refractivity contribution >= 4 is 23.1 Å². The van der Waals surface area contributed by atoms with Crippen molar-refractivity contribution in [2.45, 2.75) is 38.5 Å². The van der Waals surface area contributed by atoms with Gasteiger partial charge in [-0.15, -0.1) is 11.8 Å². The summed E-state index contributed by atoms with van der Waals surface area (Å²) in [6.45, 7) is 6.34. The summed E-state index contributed by atoms with van der Waals surface area (Å²) in [5.74, 6) is 1.33. The van der Waals surface area contributed by atoms with Crippen LogP contribution in [0.3, 0.4) is 0 Å². The van der Waals surface area contributed by atoms with E-state index in [2.05, 4.69) is 38.2 Å². The van der Waals surface area contributed by atoms with Crippen LogP contribution in [0.2, 0.25) is 0 Å². The first-order valence-electron chi connectivity index (χ1n) is 7.85. The number of nitro benzene ring substituents is 1. The Morgan fingerprint density at radius 3 is 2.58 bits per heavy atom. The molecule has 0 aliphatic heterocycles. The molecule has 1 aromatic carbocycles. The first-order valence-corrected chi connectivity index (χ1v) is 8.83. The lowest BCUT2D eigenvalue weighted by molar-refractivity contribution is -0.384. The van der Waals surface area contributed by atoms with Crippen LogP contribution in [0.1, 0.15) is 33.6 Å². The number of benzene rings is 1. The Morgan fingerprint density at radius 1 is 1.33 bits per heavy atom. The predicted octanol–water partition coefficient (Wildman–Crippen LogP) is 5.43. The minimum atomic E-state index is -0.407. The van der Waals surface area contributed by atoms with Gasteiger partial charge in [-0.2, -0.15) is 0 Å². The van der Waals surface area contributed by atoms with Crippen LogP contribution in [0.4, 0.5) is 11.4 Å². The van der Waals surface area contributed by atoms with E-state index >= 15 is 0 Å². The zero-order chi connectivity index (χ0) is 18.1. The van der Waals surface area contributed by atoms with E-state index in [1.54, 1.807) is 24.9 Å². The van der Waals surface area contributed by atoms with Gasteiger partial charge in [0.15, 0.2) is 0 Å². The summed E-state index contributed by atoms with van der Waals surface area (Å²) in [6.07, 6.45) is 6.54. The van der Waals surface area contributed by atoms with Gasteiger partial charge in [0.1, 0.15) is 11.4 Å². The average molecular weight is 350 g/mol. The normalized spacial score (nSPS) is 11.1. The second-order valence-electron chi connectivity index (χ2n) is 5.71. The number of thioether (sulfide) groups is 1. The number of nitrogens with zero attached hydrogens (tertiary/aromatic N) is 1. The predicted molar refractivity (Wildman–Crippen MR) is 102 cm³/mol. The zero-order valence-corrected chi connectivity index (χ0v) is 15.8. The van der Waals surface area contributed by atoms with Crippen LogP contribution < -0.4 is 10.1 Å². The van der Waals surface area contributed by atoms with Crippen molar-refractivity contribution in [2.24, 2.45) is 0 Å². The number of hydrogen-bond acceptors (Lipinski definition) is 5. The van der Waals surface area contributed by atoms with E-state index in [9.17, 15) is 10.1 Å². The van der Waals surface area contributed by atoms with Crippen LogP contribution in [0, 0.1) is 10.1 Å². The third-order valence-corrected chi connectivity index (χ3v) is 4.47. The molecule has 0 amide bonds. The van der Waals surface area contributed by atoms with E-state index in [0.717, 1.165) is 23.5 Å². The van der Waals surface area contributed by atoms with Gasteiger partial charge in [-0.3, -0.25) is 10.1 Å². The number of nitro groups is 1. The maximum atomic E-state index is 11.1. The number of hydrogen-bond donors (Lipinski definition) is 1. The van der Waals surface area contributed by atoms with Crippen molar-refractivity contribution in [2.75, 3.05) is 25.2 Å². The van der Waals surface area contributed by atoms with E-state index < -0.39 is 4.92 Å². The highest BCUT2D eigenvalue weighted by Gasteiger charge is 2.18. The molecule has 0 saturated carbocycles. The molecule has 1 aromatic rings.